The molecule has 1 aromatic rings. The van der Waals surface area contributed by atoms with Gasteiger partial charge in [0.25, 0.3) is 0 Å². The smallest absolute Gasteiger partial charge is 0.163 e. The van der Waals surface area contributed by atoms with Crippen LogP contribution in [-0.2, 0) is 9.47 Å². The molecule has 0 radical (unpaired) electrons. The number of rotatable bonds is 6. The molecule has 0 aliphatic carbocycles. The summed E-state index contributed by atoms with van der Waals surface area (Å²) in [5, 5.41) is 3.54. The molecule has 2 rings (SSSR count). The second-order valence-corrected chi connectivity index (χ2v) is 6.37. The van der Waals surface area contributed by atoms with Gasteiger partial charge < -0.3 is 14.8 Å². The third-order valence-corrected chi connectivity index (χ3v) is 3.84. The van der Waals surface area contributed by atoms with Gasteiger partial charge in [0.1, 0.15) is 0 Å². The summed E-state index contributed by atoms with van der Waals surface area (Å²) in [5.41, 5.74) is 1.40. The van der Waals surface area contributed by atoms with Crippen LogP contribution in [0.5, 0.6) is 0 Å². The van der Waals surface area contributed by atoms with E-state index in [1.807, 2.05) is 13.8 Å². The van der Waals surface area contributed by atoms with Crippen molar-refractivity contribution in [3.63, 3.8) is 0 Å². The molecule has 20 heavy (non-hydrogen) atoms. The van der Waals surface area contributed by atoms with Crippen LogP contribution in [0.3, 0.4) is 0 Å². The van der Waals surface area contributed by atoms with Crippen LogP contribution in [0, 0.1) is 5.92 Å². The topological polar surface area (TPSA) is 30.5 Å². The lowest BCUT2D eigenvalue weighted by molar-refractivity contribution is -0.137. The van der Waals surface area contributed by atoms with Crippen molar-refractivity contribution in [3.8, 4) is 0 Å². The van der Waals surface area contributed by atoms with Gasteiger partial charge in [-0.15, -0.1) is 0 Å². The Morgan fingerprint density at radius 1 is 1.25 bits per heavy atom. The Balaban J connectivity index is 1.82. The fourth-order valence-electron chi connectivity index (χ4n) is 2.70. The zero-order chi connectivity index (χ0) is 14.6. The Bertz CT molecular complexity index is 403. The molecule has 3 heteroatoms. The minimum atomic E-state index is -0.427. The Hall–Kier alpha value is -0.900. The highest BCUT2D eigenvalue weighted by Gasteiger charge is 2.32. The third-order valence-electron chi connectivity index (χ3n) is 3.84. The predicted molar refractivity (Wildman–Crippen MR) is 81.8 cm³/mol. The summed E-state index contributed by atoms with van der Waals surface area (Å²) in [6, 6.07) is 10.7. The molecular formula is C17H27NO2. The predicted octanol–water partition coefficient (Wildman–Crippen LogP) is 3.17. The first kappa shape index (κ1) is 15.5. The Labute approximate surface area is 122 Å². The highest BCUT2D eigenvalue weighted by atomic mass is 16.7. The van der Waals surface area contributed by atoms with Crippen LogP contribution in [0.2, 0.25) is 0 Å². The van der Waals surface area contributed by atoms with Gasteiger partial charge in [-0.05, 0) is 31.2 Å². The molecule has 1 aliphatic heterocycles. The van der Waals surface area contributed by atoms with Gasteiger partial charge in [0, 0.05) is 13.1 Å². The summed E-state index contributed by atoms with van der Waals surface area (Å²) in [7, 11) is 0. The van der Waals surface area contributed by atoms with Gasteiger partial charge in [0.2, 0.25) is 0 Å². The third kappa shape index (κ3) is 4.30. The van der Waals surface area contributed by atoms with Crippen molar-refractivity contribution in [1.82, 2.24) is 5.32 Å². The van der Waals surface area contributed by atoms with Crippen LogP contribution in [0.4, 0.5) is 0 Å². The van der Waals surface area contributed by atoms with Gasteiger partial charge in [0.15, 0.2) is 5.79 Å². The molecule has 1 N–H and O–H groups in total. The first-order valence-electron chi connectivity index (χ1n) is 7.55. The molecule has 0 aromatic heterocycles. The molecule has 3 nitrogen and oxygen atoms in total. The Morgan fingerprint density at radius 3 is 2.50 bits per heavy atom. The average molecular weight is 277 g/mol. The maximum absolute atomic E-state index is 5.81. The highest BCUT2D eigenvalue weighted by molar-refractivity contribution is 5.20. The van der Waals surface area contributed by atoms with E-state index in [2.05, 4.69) is 49.5 Å². The van der Waals surface area contributed by atoms with Gasteiger partial charge in [0.05, 0.1) is 12.7 Å². The summed E-state index contributed by atoms with van der Waals surface area (Å²) in [5.74, 6) is 0.720. The summed E-state index contributed by atoms with van der Waals surface area (Å²) in [4.78, 5) is 0. The molecule has 2 atom stereocenters. The van der Waals surface area contributed by atoms with E-state index in [9.17, 15) is 0 Å². The highest BCUT2D eigenvalue weighted by Crippen LogP contribution is 2.24. The van der Waals surface area contributed by atoms with Gasteiger partial charge >= 0.3 is 0 Å². The summed E-state index contributed by atoms with van der Waals surface area (Å²) >= 11 is 0. The van der Waals surface area contributed by atoms with Gasteiger partial charge in [-0.2, -0.15) is 0 Å². The molecule has 1 heterocycles. The van der Waals surface area contributed by atoms with Gasteiger partial charge in [-0.3, -0.25) is 0 Å². The summed E-state index contributed by atoms with van der Waals surface area (Å²) in [6.07, 6.45) is 0.161. The van der Waals surface area contributed by atoms with E-state index in [0.29, 0.717) is 18.4 Å². The van der Waals surface area contributed by atoms with Crippen molar-refractivity contribution < 1.29 is 9.47 Å². The zero-order valence-corrected chi connectivity index (χ0v) is 13.1. The lowest BCUT2D eigenvalue weighted by Crippen LogP contribution is -2.34. The molecule has 2 unspecified atom stereocenters. The average Bonchev–Trinajstić information content (AvgIpc) is 2.75. The molecule has 1 aromatic carbocycles. The number of benzene rings is 1. The SMILES string of the molecule is CC(C)C(CNCC1COC(C)(C)O1)c1ccccc1. The van der Waals surface area contributed by atoms with E-state index in [1.165, 1.54) is 5.56 Å². The zero-order valence-electron chi connectivity index (χ0n) is 13.1. The van der Waals surface area contributed by atoms with Crippen LogP contribution in [0.1, 0.15) is 39.2 Å². The van der Waals surface area contributed by atoms with Crippen molar-refractivity contribution in [2.24, 2.45) is 5.92 Å². The normalized spacial score (nSPS) is 23.1. The molecule has 0 bridgehead atoms. The minimum absolute atomic E-state index is 0.161. The van der Waals surface area contributed by atoms with E-state index < -0.39 is 5.79 Å². The second-order valence-electron chi connectivity index (χ2n) is 6.37. The Kier molecular flexibility index (Phi) is 5.19. The molecular weight excluding hydrogens is 250 g/mol. The first-order chi connectivity index (χ1) is 9.48. The number of hydrogen-bond acceptors (Lipinski definition) is 3. The second kappa shape index (κ2) is 6.70. The number of ether oxygens (including phenoxy) is 2. The molecule has 112 valence electrons. The molecule has 1 saturated heterocycles. The van der Waals surface area contributed by atoms with Gasteiger partial charge in [-0.25, -0.2) is 0 Å². The standard InChI is InChI=1S/C17H27NO2/c1-13(2)16(14-8-6-5-7-9-14)11-18-10-15-12-19-17(3,4)20-15/h5-9,13,15-16,18H,10-12H2,1-4H3. The van der Waals surface area contributed by atoms with E-state index >= 15 is 0 Å². The van der Waals surface area contributed by atoms with Crippen LogP contribution in [-0.4, -0.2) is 31.6 Å². The Morgan fingerprint density at radius 2 is 1.95 bits per heavy atom. The molecule has 1 fully saturated rings. The van der Waals surface area contributed by atoms with E-state index in [-0.39, 0.29) is 6.10 Å². The maximum Gasteiger partial charge on any atom is 0.163 e. The van der Waals surface area contributed by atoms with Crippen LogP contribution in [0.15, 0.2) is 30.3 Å². The fraction of sp³-hybridized carbons (Fsp3) is 0.647. The molecule has 0 spiro atoms. The lowest BCUT2D eigenvalue weighted by Gasteiger charge is -2.23. The molecule has 0 saturated carbocycles. The number of hydrogen-bond donors (Lipinski definition) is 1. The van der Waals surface area contributed by atoms with Crippen LogP contribution < -0.4 is 5.32 Å². The van der Waals surface area contributed by atoms with E-state index in [0.717, 1.165) is 13.1 Å². The van der Waals surface area contributed by atoms with Crippen molar-refractivity contribution in [2.45, 2.75) is 45.5 Å². The molecule has 0 amide bonds. The van der Waals surface area contributed by atoms with Crippen molar-refractivity contribution in [1.29, 1.82) is 0 Å². The maximum atomic E-state index is 5.81. The summed E-state index contributed by atoms with van der Waals surface area (Å²) < 4.78 is 11.4. The van der Waals surface area contributed by atoms with Crippen molar-refractivity contribution in [2.75, 3.05) is 19.7 Å². The van der Waals surface area contributed by atoms with Crippen LogP contribution >= 0.6 is 0 Å². The quantitative estimate of drug-likeness (QED) is 0.866. The van der Waals surface area contributed by atoms with E-state index in [1.54, 1.807) is 0 Å². The molecule has 1 aliphatic rings. The number of nitrogens with one attached hydrogen (secondary N) is 1. The van der Waals surface area contributed by atoms with Gasteiger partial charge in [-0.1, -0.05) is 44.2 Å². The van der Waals surface area contributed by atoms with Crippen LogP contribution in [0.25, 0.3) is 0 Å². The minimum Gasteiger partial charge on any atom is -0.348 e. The fourth-order valence-corrected chi connectivity index (χ4v) is 2.70. The monoisotopic (exact) mass is 277 g/mol. The first-order valence-corrected chi connectivity index (χ1v) is 7.55. The van der Waals surface area contributed by atoms with E-state index in [4.69, 9.17) is 9.47 Å². The van der Waals surface area contributed by atoms with Crippen molar-refractivity contribution in [3.05, 3.63) is 35.9 Å². The summed E-state index contributed by atoms with van der Waals surface area (Å²) in [6.45, 7) is 11.0. The lowest BCUT2D eigenvalue weighted by atomic mass is 9.88. The van der Waals surface area contributed by atoms with Crippen molar-refractivity contribution >= 4 is 0 Å². The largest absolute Gasteiger partial charge is 0.348 e.